The number of hydrogen-bond acceptors (Lipinski definition) is 9. The molecule has 0 fully saturated rings. The van der Waals surface area contributed by atoms with Gasteiger partial charge >= 0.3 is 0 Å². The normalized spacial score (nSPS) is 18.5. The Labute approximate surface area is 215 Å². The first-order valence-corrected chi connectivity index (χ1v) is 11.9. The first-order chi connectivity index (χ1) is 18.0. The molecule has 2 aromatic carbocycles. The number of nitrogens with two attached hydrogens (primary N) is 2. The number of carbonyl (C=O) groups is 1. The van der Waals surface area contributed by atoms with Gasteiger partial charge in [0, 0.05) is 44.1 Å². The molecule has 0 radical (unpaired) electrons. The number of amides is 1. The standard InChI is InChI=1S/C26H30N8O3/c1-36-15-14-34-13-7-12-30-24(34)19(16-27)22(28)37-26(29)33-23-25(35)31-20-11-6-5-10-18(20)21(32-23)17-8-3-2-4-9-17/h2-6,8-11,16,23,27H,7,12-15,28H2,1H3,(H2,29,33)(H,31,35). The average molecular weight is 503 g/mol. The molecule has 2 heterocycles. The predicted octanol–water partition coefficient (Wildman–Crippen LogP) is 1.70. The Morgan fingerprint density at radius 1 is 1.22 bits per heavy atom. The molecule has 0 saturated carbocycles. The lowest BCUT2D eigenvalue weighted by molar-refractivity contribution is -0.117. The minimum absolute atomic E-state index is 0.149. The minimum atomic E-state index is -1.22. The van der Waals surface area contributed by atoms with E-state index in [1.807, 2.05) is 53.4 Å². The summed E-state index contributed by atoms with van der Waals surface area (Å²) in [5, 5.41) is 10.8. The molecule has 1 atom stereocenters. The van der Waals surface area contributed by atoms with Crippen LogP contribution in [0.5, 0.6) is 0 Å². The number of nitrogens with zero attached hydrogens (tertiary/aromatic N) is 4. The molecule has 4 rings (SSSR count). The van der Waals surface area contributed by atoms with Gasteiger partial charge < -0.3 is 36.6 Å². The van der Waals surface area contributed by atoms with E-state index in [2.05, 4.69) is 20.3 Å². The number of ether oxygens (including phenoxy) is 2. The second kappa shape index (κ2) is 12.0. The lowest BCUT2D eigenvalue weighted by atomic mass is 10.0. The maximum atomic E-state index is 13.0. The summed E-state index contributed by atoms with van der Waals surface area (Å²) in [4.78, 5) is 28.3. The Morgan fingerprint density at radius 2 is 1.97 bits per heavy atom. The molecule has 11 heteroatoms. The molecule has 0 spiro atoms. The van der Waals surface area contributed by atoms with Gasteiger partial charge in [-0.1, -0.05) is 48.5 Å². The number of fused-ring (bicyclic) bond motifs is 1. The van der Waals surface area contributed by atoms with Gasteiger partial charge in [0.2, 0.25) is 12.0 Å². The molecule has 6 N–H and O–H groups in total. The number of methoxy groups -OCH3 is 1. The quantitative estimate of drug-likeness (QED) is 0.244. The average Bonchev–Trinajstić information content (AvgIpc) is 3.05. The third kappa shape index (κ3) is 6.01. The first-order valence-electron chi connectivity index (χ1n) is 11.9. The van der Waals surface area contributed by atoms with Crippen LogP contribution in [0.4, 0.5) is 5.69 Å². The Kier molecular flexibility index (Phi) is 8.26. The lowest BCUT2D eigenvalue weighted by Crippen LogP contribution is -2.40. The Morgan fingerprint density at radius 3 is 2.73 bits per heavy atom. The highest BCUT2D eigenvalue weighted by molar-refractivity contribution is 6.19. The third-order valence-corrected chi connectivity index (χ3v) is 5.80. The second-order valence-electron chi connectivity index (χ2n) is 8.28. The first kappa shape index (κ1) is 25.6. The van der Waals surface area contributed by atoms with Crippen LogP contribution in [0.3, 0.4) is 0 Å². The van der Waals surface area contributed by atoms with Crippen molar-refractivity contribution in [3.8, 4) is 0 Å². The van der Waals surface area contributed by atoms with E-state index in [0.717, 1.165) is 30.3 Å². The van der Waals surface area contributed by atoms with Gasteiger partial charge in [-0.15, -0.1) is 0 Å². The minimum Gasteiger partial charge on any atom is -0.409 e. The summed E-state index contributed by atoms with van der Waals surface area (Å²) in [6, 6.07) is 16.5. The van der Waals surface area contributed by atoms with E-state index in [9.17, 15) is 4.79 Å². The summed E-state index contributed by atoms with van der Waals surface area (Å²) in [5.74, 6) is -0.0957. The number of amidine groups is 2. The van der Waals surface area contributed by atoms with Crippen LogP contribution in [-0.4, -0.2) is 74.1 Å². The predicted molar refractivity (Wildman–Crippen MR) is 144 cm³/mol. The fourth-order valence-electron chi connectivity index (χ4n) is 4.05. The van der Waals surface area contributed by atoms with Crippen molar-refractivity contribution < 1.29 is 14.3 Å². The summed E-state index contributed by atoms with van der Waals surface area (Å²) in [7, 11) is 1.62. The smallest absolute Gasteiger partial charge is 0.291 e. The maximum absolute atomic E-state index is 13.0. The van der Waals surface area contributed by atoms with Crippen molar-refractivity contribution in [2.45, 2.75) is 12.6 Å². The van der Waals surface area contributed by atoms with Gasteiger partial charge in [0.1, 0.15) is 5.84 Å². The molecular weight excluding hydrogens is 472 g/mol. The van der Waals surface area contributed by atoms with Crippen molar-refractivity contribution >= 4 is 35.4 Å². The van der Waals surface area contributed by atoms with Crippen molar-refractivity contribution in [2.24, 2.45) is 26.4 Å². The third-order valence-electron chi connectivity index (χ3n) is 5.80. The highest BCUT2D eigenvalue weighted by Crippen LogP contribution is 2.24. The van der Waals surface area contributed by atoms with Crippen LogP contribution in [0.15, 0.2) is 81.0 Å². The molecule has 192 valence electrons. The molecule has 2 aromatic rings. The van der Waals surface area contributed by atoms with Crippen molar-refractivity contribution in [1.29, 1.82) is 5.41 Å². The Balaban J connectivity index is 1.64. The number of hydrogen-bond donors (Lipinski definition) is 4. The van der Waals surface area contributed by atoms with E-state index in [1.165, 1.54) is 0 Å². The highest BCUT2D eigenvalue weighted by atomic mass is 16.5. The molecule has 2 aliphatic heterocycles. The second-order valence-corrected chi connectivity index (χ2v) is 8.28. The number of anilines is 1. The van der Waals surface area contributed by atoms with E-state index < -0.39 is 12.1 Å². The van der Waals surface area contributed by atoms with Crippen LogP contribution in [0.2, 0.25) is 0 Å². The Hall–Kier alpha value is -4.51. The van der Waals surface area contributed by atoms with Gasteiger partial charge in [0.05, 0.1) is 23.6 Å². The molecule has 0 saturated heterocycles. The zero-order chi connectivity index (χ0) is 26.2. The number of carbonyl (C=O) groups excluding carboxylic acids is 1. The van der Waals surface area contributed by atoms with Crippen LogP contribution in [0.25, 0.3) is 0 Å². The fraction of sp³-hybridized carbons (Fsp3) is 0.269. The van der Waals surface area contributed by atoms with Crippen molar-refractivity contribution in [3.63, 3.8) is 0 Å². The van der Waals surface area contributed by atoms with Crippen LogP contribution < -0.4 is 16.8 Å². The van der Waals surface area contributed by atoms with Gasteiger partial charge in [0.25, 0.3) is 11.9 Å². The number of aliphatic imine (C=N–C) groups is 3. The topological polar surface area (TPSA) is 164 Å². The maximum Gasteiger partial charge on any atom is 0.291 e. The number of rotatable bonds is 8. The molecule has 11 nitrogen and oxygen atoms in total. The largest absolute Gasteiger partial charge is 0.409 e. The van der Waals surface area contributed by atoms with Crippen molar-refractivity contribution in [2.75, 3.05) is 38.7 Å². The lowest BCUT2D eigenvalue weighted by Gasteiger charge is -2.29. The SMILES string of the molecule is COCCN1CCCN=C1C(C=N)=C(N)OC(N)=NC1N=C(c2ccccc2)c2ccccc2NC1=O. The van der Waals surface area contributed by atoms with Crippen LogP contribution in [0, 0.1) is 5.41 Å². The molecular formula is C26H30N8O3. The molecule has 1 amide bonds. The number of benzodiazepines with no additional fused rings is 1. The van der Waals surface area contributed by atoms with Crippen molar-refractivity contribution in [1.82, 2.24) is 4.90 Å². The summed E-state index contributed by atoms with van der Waals surface area (Å²) in [6.45, 7) is 2.43. The number of nitrogens with one attached hydrogen (secondary N) is 2. The Bertz CT molecular complexity index is 1270. The molecule has 2 aliphatic rings. The van der Waals surface area contributed by atoms with Crippen LogP contribution in [-0.2, 0) is 14.3 Å². The highest BCUT2D eigenvalue weighted by Gasteiger charge is 2.26. The van der Waals surface area contributed by atoms with Gasteiger partial charge in [0.15, 0.2) is 0 Å². The van der Waals surface area contributed by atoms with E-state index >= 15 is 0 Å². The molecule has 0 bridgehead atoms. The molecule has 0 aromatic heterocycles. The zero-order valence-electron chi connectivity index (χ0n) is 20.6. The van der Waals surface area contributed by atoms with Crippen LogP contribution >= 0.6 is 0 Å². The van der Waals surface area contributed by atoms with E-state index in [1.54, 1.807) is 13.2 Å². The summed E-state index contributed by atoms with van der Waals surface area (Å²) < 4.78 is 10.7. The summed E-state index contributed by atoms with van der Waals surface area (Å²) in [5.41, 5.74) is 15.3. The van der Waals surface area contributed by atoms with Gasteiger partial charge in [-0.05, 0) is 12.5 Å². The molecule has 37 heavy (non-hydrogen) atoms. The van der Waals surface area contributed by atoms with E-state index in [4.69, 9.17) is 26.4 Å². The summed E-state index contributed by atoms with van der Waals surface area (Å²) in [6.07, 6.45) is 0.723. The summed E-state index contributed by atoms with van der Waals surface area (Å²) >= 11 is 0. The van der Waals surface area contributed by atoms with Gasteiger partial charge in [-0.2, -0.15) is 4.99 Å². The van der Waals surface area contributed by atoms with Crippen LogP contribution in [0.1, 0.15) is 17.5 Å². The van der Waals surface area contributed by atoms with E-state index in [-0.39, 0.29) is 17.5 Å². The van der Waals surface area contributed by atoms with Crippen molar-refractivity contribution in [3.05, 3.63) is 77.2 Å². The fourth-order valence-corrected chi connectivity index (χ4v) is 4.05. The van der Waals surface area contributed by atoms with Gasteiger partial charge in [-0.3, -0.25) is 9.79 Å². The monoisotopic (exact) mass is 502 g/mol. The molecule has 1 unspecified atom stereocenters. The van der Waals surface area contributed by atoms with Gasteiger partial charge in [-0.25, -0.2) is 4.99 Å². The van der Waals surface area contributed by atoms with E-state index in [0.29, 0.717) is 36.9 Å². The zero-order valence-corrected chi connectivity index (χ0v) is 20.6. The number of para-hydroxylation sites is 1. The number of benzene rings is 2. The molecule has 0 aliphatic carbocycles.